The van der Waals surface area contributed by atoms with E-state index in [2.05, 4.69) is 16.7 Å². The monoisotopic (exact) mass is 459 g/mol. The van der Waals surface area contributed by atoms with Crippen molar-refractivity contribution in [3.63, 3.8) is 0 Å². The van der Waals surface area contributed by atoms with Crippen LogP contribution in [0.3, 0.4) is 0 Å². The maximum atomic E-state index is 12.9. The van der Waals surface area contributed by atoms with Gasteiger partial charge in [-0.15, -0.1) is 0 Å². The molecule has 0 unspecified atom stereocenters. The van der Waals surface area contributed by atoms with E-state index in [0.29, 0.717) is 25.0 Å². The Balaban J connectivity index is 2.02. The second-order valence-electron chi connectivity index (χ2n) is 8.32. The maximum Gasteiger partial charge on any atom is 0.340 e. The highest BCUT2D eigenvalue weighted by atomic mass is 16.5. The second-order valence-corrected chi connectivity index (χ2v) is 8.32. The summed E-state index contributed by atoms with van der Waals surface area (Å²) < 4.78 is 7.54. The Bertz CT molecular complexity index is 1140. The van der Waals surface area contributed by atoms with Gasteiger partial charge in [0.2, 0.25) is 0 Å². The molecule has 0 atom stereocenters. The van der Waals surface area contributed by atoms with E-state index in [1.165, 1.54) is 5.56 Å². The van der Waals surface area contributed by atoms with Crippen molar-refractivity contribution in [3.05, 3.63) is 94.8 Å². The van der Waals surface area contributed by atoms with Gasteiger partial charge in [0.1, 0.15) is 0 Å². The number of esters is 1. The van der Waals surface area contributed by atoms with Crippen LogP contribution >= 0.6 is 0 Å². The number of aliphatic carboxylic acids is 1. The molecule has 3 rings (SSSR count). The van der Waals surface area contributed by atoms with Gasteiger partial charge in [0.05, 0.1) is 17.9 Å². The summed E-state index contributed by atoms with van der Waals surface area (Å²) >= 11 is 0. The molecule has 178 valence electrons. The molecule has 5 nitrogen and oxygen atoms in total. The molecule has 5 heteroatoms. The van der Waals surface area contributed by atoms with E-state index < -0.39 is 5.97 Å². The minimum Gasteiger partial charge on any atom is -0.481 e. The fourth-order valence-corrected chi connectivity index (χ4v) is 4.10. The fourth-order valence-electron chi connectivity index (χ4n) is 4.10. The molecule has 0 fully saturated rings. The third-order valence-corrected chi connectivity index (χ3v) is 5.94. The summed E-state index contributed by atoms with van der Waals surface area (Å²) in [5, 5.41) is 8.89. The number of hydrogen-bond donors (Lipinski definition) is 1. The number of benzene rings is 2. The van der Waals surface area contributed by atoms with E-state index in [-0.39, 0.29) is 12.4 Å². The molecule has 0 aliphatic heterocycles. The predicted molar refractivity (Wildman–Crippen MR) is 135 cm³/mol. The van der Waals surface area contributed by atoms with Crippen molar-refractivity contribution in [2.45, 2.75) is 52.9 Å². The first-order valence-corrected chi connectivity index (χ1v) is 11.8. The molecule has 0 radical (unpaired) electrons. The molecule has 1 heterocycles. The van der Waals surface area contributed by atoms with Gasteiger partial charge in [-0.05, 0) is 81.4 Å². The fraction of sp³-hybridized carbons (Fsp3) is 0.310. The van der Waals surface area contributed by atoms with Crippen LogP contribution < -0.4 is 0 Å². The van der Waals surface area contributed by atoms with Crippen LogP contribution in [0.15, 0.2) is 66.7 Å². The van der Waals surface area contributed by atoms with Gasteiger partial charge in [0.25, 0.3) is 0 Å². The first-order chi connectivity index (χ1) is 16.4. The van der Waals surface area contributed by atoms with E-state index >= 15 is 0 Å². The number of aryl methyl sites for hydroxylation is 3. The predicted octanol–water partition coefficient (Wildman–Crippen LogP) is 6.27. The van der Waals surface area contributed by atoms with Gasteiger partial charge in [-0.3, -0.25) is 4.79 Å². The third-order valence-electron chi connectivity index (χ3n) is 5.94. The van der Waals surface area contributed by atoms with E-state index in [9.17, 15) is 9.59 Å². The Labute approximate surface area is 201 Å². The summed E-state index contributed by atoms with van der Waals surface area (Å²) in [6.07, 6.45) is 5.12. The number of hydrogen-bond acceptors (Lipinski definition) is 3. The topological polar surface area (TPSA) is 68.5 Å². The quantitative estimate of drug-likeness (QED) is 0.343. The molecule has 1 N–H and O–H groups in total. The van der Waals surface area contributed by atoms with E-state index in [1.54, 1.807) is 0 Å². The van der Waals surface area contributed by atoms with Gasteiger partial charge in [0, 0.05) is 17.8 Å². The van der Waals surface area contributed by atoms with Crippen molar-refractivity contribution in [1.82, 2.24) is 4.57 Å². The van der Waals surface area contributed by atoms with E-state index in [0.717, 1.165) is 41.1 Å². The molecule has 0 amide bonds. The summed E-state index contributed by atoms with van der Waals surface area (Å²) in [5.74, 6) is -1.09. The highest BCUT2D eigenvalue weighted by Crippen LogP contribution is 2.30. The number of aromatic nitrogens is 1. The first-order valence-electron chi connectivity index (χ1n) is 11.8. The Morgan fingerprint density at radius 2 is 1.65 bits per heavy atom. The number of rotatable bonds is 11. The van der Waals surface area contributed by atoms with Gasteiger partial charge in [-0.2, -0.15) is 0 Å². The average Bonchev–Trinajstić information content (AvgIpc) is 3.23. The summed E-state index contributed by atoms with van der Waals surface area (Å²) in [5.41, 5.74) is 6.77. The van der Waals surface area contributed by atoms with Crippen LogP contribution in [-0.4, -0.2) is 28.2 Å². The zero-order chi connectivity index (χ0) is 24.5. The minimum absolute atomic E-state index is 0.163. The van der Waals surface area contributed by atoms with Gasteiger partial charge in [-0.1, -0.05) is 48.5 Å². The molecule has 0 aliphatic rings. The summed E-state index contributed by atoms with van der Waals surface area (Å²) in [6.45, 7) is 6.12. The highest BCUT2D eigenvalue weighted by Gasteiger charge is 2.23. The molecule has 3 aromatic rings. The minimum atomic E-state index is -0.773. The van der Waals surface area contributed by atoms with Crippen LogP contribution in [0.4, 0.5) is 0 Å². The van der Waals surface area contributed by atoms with Crippen LogP contribution in [0.2, 0.25) is 0 Å². The molecule has 0 saturated heterocycles. The molecule has 0 aliphatic carbocycles. The normalized spacial score (nSPS) is 11.4. The molecule has 2 aromatic carbocycles. The van der Waals surface area contributed by atoms with Crippen LogP contribution in [0, 0.1) is 0 Å². The molecule has 34 heavy (non-hydrogen) atoms. The lowest BCUT2D eigenvalue weighted by Crippen LogP contribution is -2.09. The Morgan fingerprint density at radius 1 is 0.971 bits per heavy atom. The SMILES string of the molecule is C/C=C(\C)c1c(C(=O)OCC)cc(CCc2ccccc2)n1-c1ccc(CCCC(=O)O)cc1. The van der Waals surface area contributed by atoms with Gasteiger partial charge >= 0.3 is 11.9 Å². The van der Waals surface area contributed by atoms with Crippen LogP contribution in [0.1, 0.15) is 66.5 Å². The van der Waals surface area contributed by atoms with Crippen molar-refractivity contribution in [3.8, 4) is 5.69 Å². The number of carbonyl (C=O) groups excluding carboxylic acids is 1. The van der Waals surface area contributed by atoms with E-state index in [1.807, 2.05) is 75.4 Å². The standard InChI is InChI=1S/C29H33NO4/c1-4-21(3)28-26(29(33)34-5-2)20-25(19-16-22-10-7-6-8-11-22)30(28)24-17-14-23(15-18-24)12-9-13-27(31)32/h4,6-8,10-11,14-15,17-18,20H,5,9,12-13,16,19H2,1-3H3,(H,31,32)/b21-4+. The Hall–Kier alpha value is -3.60. The van der Waals surface area contributed by atoms with Crippen molar-refractivity contribution in [1.29, 1.82) is 0 Å². The Kier molecular flexibility index (Phi) is 8.86. The summed E-state index contributed by atoms with van der Waals surface area (Å²) in [4.78, 5) is 23.7. The lowest BCUT2D eigenvalue weighted by Gasteiger charge is -2.16. The van der Waals surface area contributed by atoms with Crippen molar-refractivity contribution in [2.24, 2.45) is 0 Å². The molecular weight excluding hydrogens is 426 g/mol. The zero-order valence-corrected chi connectivity index (χ0v) is 20.2. The molecule has 1 aromatic heterocycles. The van der Waals surface area contributed by atoms with Crippen molar-refractivity contribution in [2.75, 3.05) is 6.61 Å². The molecule has 0 spiro atoms. The van der Waals surface area contributed by atoms with Crippen LogP contribution in [-0.2, 0) is 28.8 Å². The van der Waals surface area contributed by atoms with Crippen LogP contribution in [0.25, 0.3) is 11.3 Å². The van der Waals surface area contributed by atoms with Crippen molar-refractivity contribution >= 4 is 17.5 Å². The number of allylic oxidation sites excluding steroid dienone is 2. The molecular formula is C29H33NO4. The van der Waals surface area contributed by atoms with Gasteiger partial charge in [-0.25, -0.2) is 4.79 Å². The number of carbonyl (C=O) groups is 2. The smallest absolute Gasteiger partial charge is 0.340 e. The number of ether oxygens (including phenoxy) is 1. The van der Waals surface area contributed by atoms with Crippen molar-refractivity contribution < 1.29 is 19.4 Å². The molecule has 0 saturated carbocycles. The second kappa shape index (κ2) is 12.0. The lowest BCUT2D eigenvalue weighted by atomic mass is 10.1. The number of carboxylic acid groups (broad SMARTS) is 1. The van der Waals surface area contributed by atoms with Crippen LogP contribution in [0.5, 0.6) is 0 Å². The maximum absolute atomic E-state index is 12.9. The largest absolute Gasteiger partial charge is 0.481 e. The molecule has 0 bridgehead atoms. The lowest BCUT2D eigenvalue weighted by molar-refractivity contribution is -0.137. The average molecular weight is 460 g/mol. The Morgan fingerprint density at radius 3 is 2.26 bits per heavy atom. The summed E-state index contributed by atoms with van der Waals surface area (Å²) in [7, 11) is 0. The highest BCUT2D eigenvalue weighted by molar-refractivity contribution is 5.95. The van der Waals surface area contributed by atoms with Gasteiger partial charge < -0.3 is 14.4 Å². The first kappa shape index (κ1) is 25.0. The summed E-state index contributed by atoms with van der Waals surface area (Å²) in [6, 6.07) is 20.4. The number of carboxylic acids is 1. The number of nitrogens with zero attached hydrogens (tertiary/aromatic N) is 1. The van der Waals surface area contributed by atoms with Gasteiger partial charge in [0.15, 0.2) is 0 Å². The van der Waals surface area contributed by atoms with E-state index in [4.69, 9.17) is 9.84 Å². The zero-order valence-electron chi connectivity index (χ0n) is 20.2. The third kappa shape index (κ3) is 6.25.